The minimum atomic E-state index is 0.117. The summed E-state index contributed by atoms with van der Waals surface area (Å²) in [7, 11) is 0. The topological polar surface area (TPSA) is 15.3 Å². The molecule has 0 radical (unpaired) electrons. The quantitative estimate of drug-likeness (QED) is 0.888. The molecular formula is C15H22Cl2N2. The van der Waals surface area contributed by atoms with Crippen LogP contribution in [0.25, 0.3) is 0 Å². The van der Waals surface area contributed by atoms with Crippen molar-refractivity contribution in [1.29, 1.82) is 0 Å². The predicted molar refractivity (Wildman–Crippen MR) is 83.1 cm³/mol. The summed E-state index contributed by atoms with van der Waals surface area (Å²) < 4.78 is 0. The number of nitrogens with zero attached hydrogens (tertiary/aromatic N) is 1. The van der Waals surface area contributed by atoms with Gasteiger partial charge in [0.2, 0.25) is 0 Å². The molecule has 1 saturated heterocycles. The number of benzene rings is 1. The predicted octanol–water partition coefficient (Wildman–Crippen LogP) is 3.99. The van der Waals surface area contributed by atoms with Crippen LogP contribution in [0, 0.1) is 5.41 Å². The first-order chi connectivity index (χ1) is 8.89. The normalized spacial score (nSPS) is 19.4. The van der Waals surface area contributed by atoms with Crippen LogP contribution in [0.4, 0.5) is 0 Å². The highest BCUT2D eigenvalue weighted by Gasteiger charge is 2.33. The minimum Gasteiger partial charge on any atom is -0.314 e. The molecule has 1 atom stereocenters. The molecule has 1 fully saturated rings. The smallest absolute Gasteiger partial charge is 0.0455 e. The molecule has 0 unspecified atom stereocenters. The molecule has 19 heavy (non-hydrogen) atoms. The van der Waals surface area contributed by atoms with Crippen molar-refractivity contribution >= 4 is 23.2 Å². The molecule has 2 rings (SSSR count). The van der Waals surface area contributed by atoms with E-state index in [1.165, 1.54) is 0 Å². The number of hydrogen-bond acceptors (Lipinski definition) is 2. The van der Waals surface area contributed by atoms with Crippen LogP contribution < -0.4 is 5.32 Å². The Morgan fingerprint density at radius 1 is 1.16 bits per heavy atom. The Kier molecular flexibility index (Phi) is 4.78. The van der Waals surface area contributed by atoms with E-state index in [0.717, 1.165) is 41.8 Å². The molecule has 1 aromatic carbocycles. The van der Waals surface area contributed by atoms with Crippen LogP contribution in [-0.4, -0.2) is 31.1 Å². The van der Waals surface area contributed by atoms with Crippen LogP contribution in [0.1, 0.15) is 32.4 Å². The molecule has 4 heteroatoms. The first-order valence-corrected chi connectivity index (χ1v) is 7.55. The van der Waals surface area contributed by atoms with Crippen molar-refractivity contribution in [1.82, 2.24) is 10.2 Å². The van der Waals surface area contributed by atoms with Gasteiger partial charge in [0.05, 0.1) is 0 Å². The SMILES string of the molecule is CC(C)(C)[C@H](c1cc(Cl)ccc1Cl)N1CCNCC1. The van der Waals surface area contributed by atoms with Crippen molar-refractivity contribution in [3.63, 3.8) is 0 Å². The average Bonchev–Trinajstić information content (AvgIpc) is 2.33. The summed E-state index contributed by atoms with van der Waals surface area (Å²) in [6.07, 6.45) is 0. The zero-order valence-electron chi connectivity index (χ0n) is 11.8. The van der Waals surface area contributed by atoms with Gasteiger partial charge in [-0.1, -0.05) is 44.0 Å². The zero-order valence-corrected chi connectivity index (χ0v) is 13.4. The van der Waals surface area contributed by atoms with Crippen LogP contribution in [-0.2, 0) is 0 Å². The fraction of sp³-hybridized carbons (Fsp3) is 0.600. The fourth-order valence-electron chi connectivity index (χ4n) is 2.88. The third-order valence-corrected chi connectivity index (χ3v) is 4.17. The van der Waals surface area contributed by atoms with Crippen LogP contribution in [0.3, 0.4) is 0 Å². The van der Waals surface area contributed by atoms with Gasteiger partial charge in [0.25, 0.3) is 0 Å². The fourth-order valence-corrected chi connectivity index (χ4v) is 3.28. The van der Waals surface area contributed by atoms with Gasteiger partial charge in [-0.15, -0.1) is 0 Å². The lowest BCUT2D eigenvalue weighted by atomic mass is 9.81. The summed E-state index contributed by atoms with van der Waals surface area (Å²) in [6, 6.07) is 6.06. The molecule has 1 aliphatic heterocycles. The van der Waals surface area contributed by atoms with E-state index >= 15 is 0 Å². The first kappa shape index (κ1) is 15.1. The maximum Gasteiger partial charge on any atom is 0.0455 e. The van der Waals surface area contributed by atoms with Crippen molar-refractivity contribution in [2.24, 2.45) is 5.41 Å². The van der Waals surface area contributed by atoms with E-state index in [1.807, 2.05) is 18.2 Å². The molecule has 0 bridgehead atoms. The Morgan fingerprint density at radius 3 is 2.37 bits per heavy atom. The van der Waals surface area contributed by atoms with Gasteiger partial charge in [0.1, 0.15) is 0 Å². The number of halogens is 2. The largest absolute Gasteiger partial charge is 0.314 e. The van der Waals surface area contributed by atoms with Gasteiger partial charge in [-0.2, -0.15) is 0 Å². The van der Waals surface area contributed by atoms with E-state index < -0.39 is 0 Å². The molecule has 0 aliphatic carbocycles. The highest BCUT2D eigenvalue weighted by Crippen LogP contribution is 2.41. The van der Waals surface area contributed by atoms with Crippen LogP contribution in [0.5, 0.6) is 0 Å². The molecule has 1 aliphatic rings. The van der Waals surface area contributed by atoms with Gasteiger partial charge in [0, 0.05) is 42.3 Å². The van der Waals surface area contributed by atoms with Crippen LogP contribution in [0.15, 0.2) is 18.2 Å². The lowest BCUT2D eigenvalue weighted by molar-refractivity contribution is 0.0863. The van der Waals surface area contributed by atoms with Crippen molar-refractivity contribution in [3.05, 3.63) is 33.8 Å². The van der Waals surface area contributed by atoms with Gasteiger partial charge < -0.3 is 5.32 Å². The van der Waals surface area contributed by atoms with E-state index in [1.54, 1.807) is 0 Å². The van der Waals surface area contributed by atoms with E-state index in [2.05, 4.69) is 31.0 Å². The molecule has 2 nitrogen and oxygen atoms in total. The highest BCUT2D eigenvalue weighted by molar-refractivity contribution is 6.33. The number of piperazine rings is 1. The van der Waals surface area contributed by atoms with E-state index in [9.17, 15) is 0 Å². The Hall–Kier alpha value is -0.280. The third kappa shape index (κ3) is 3.63. The zero-order chi connectivity index (χ0) is 14.0. The van der Waals surface area contributed by atoms with E-state index in [0.29, 0.717) is 6.04 Å². The second kappa shape index (κ2) is 6.01. The molecule has 0 saturated carbocycles. The number of rotatable bonds is 2. The first-order valence-electron chi connectivity index (χ1n) is 6.79. The number of nitrogens with one attached hydrogen (secondary N) is 1. The van der Waals surface area contributed by atoms with Crippen LogP contribution >= 0.6 is 23.2 Å². The molecule has 1 heterocycles. The summed E-state index contributed by atoms with van der Waals surface area (Å²) in [5.74, 6) is 0. The van der Waals surface area contributed by atoms with Crippen LogP contribution in [0.2, 0.25) is 10.0 Å². The Labute approximate surface area is 126 Å². The van der Waals surface area contributed by atoms with Crippen molar-refractivity contribution in [2.75, 3.05) is 26.2 Å². The second-order valence-corrected chi connectivity index (χ2v) is 7.06. The molecule has 0 amide bonds. The Morgan fingerprint density at radius 2 is 1.79 bits per heavy atom. The van der Waals surface area contributed by atoms with E-state index in [-0.39, 0.29) is 5.41 Å². The summed E-state index contributed by atoms with van der Waals surface area (Å²) >= 11 is 12.6. The summed E-state index contributed by atoms with van der Waals surface area (Å²) in [6.45, 7) is 10.9. The molecule has 106 valence electrons. The third-order valence-electron chi connectivity index (χ3n) is 3.59. The van der Waals surface area contributed by atoms with Gasteiger partial charge in [0.15, 0.2) is 0 Å². The average molecular weight is 301 g/mol. The Balaban J connectivity index is 2.39. The lowest BCUT2D eigenvalue weighted by Gasteiger charge is -2.43. The second-order valence-electron chi connectivity index (χ2n) is 6.22. The van der Waals surface area contributed by atoms with Gasteiger partial charge in [-0.05, 0) is 29.2 Å². The molecule has 0 spiro atoms. The molecule has 1 N–H and O–H groups in total. The molecule has 0 aromatic heterocycles. The number of hydrogen-bond donors (Lipinski definition) is 1. The standard InChI is InChI=1S/C15H22Cl2N2/c1-15(2,3)14(19-8-6-18-7-9-19)12-10-11(16)4-5-13(12)17/h4-5,10,14,18H,6-9H2,1-3H3/t14-/m0/s1. The van der Waals surface area contributed by atoms with Crippen molar-refractivity contribution in [2.45, 2.75) is 26.8 Å². The summed E-state index contributed by atoms with van der Waals surface area (Å²) in [4.78, 5) is 2.51. The summed E-state index contributed by atoms with van der Waals surface area (Å²) in [5, 5.41) is 4.96. The maximum atomic E-state index is 6.42. The highest BCUT2D eigenvalue weighted by atomic mass is 35.5. The van der Waals surface area contributed by atoms with Gasteiger partial charge in [-0.25, -0.2) is 0 Å². The van der Waals surface area contributed by atoms with Gasteiger partial charge >= 0.3 is 0 Å². The maximum absolute atomic E-state index is 6.42. The summed E-state index contributed by atoms with van der Waals surface area (Å²) in [5.41, 5.74) is 1.26. The van der Waals surface area contributed by atoms with Crippen molar-refractivity contribution < 1.29 is 0 Å². The molecule has 1 aromatic rings. The monoisotopic (exact) mass is 300 g/mol. The van der Waals surface area contributed by atoms with Crippen molar-refractivity contribution in [3.8, 4) is 0 Å². The minimum absolute atomic E-state index is 0.117. The lowest BCUT2D eigenvalue weighted by Crippen LogP contribution is -2.48. The molecular weight excluding hydrogens is 279 g/mol. The Bertz CT molecular complexity index is 434. The van der Waals surface area contributed by atoms with Gasteiger partial charge in [-0.3, -0.25) is 4.90 Å². The van der Waals surface area contributed by atoms with E-state index in [4.69, 9.17) is 23.2 Å².